The number of hydrogen-bond donors (Lipinski definition) is 3. The van der Waals surface area contributed by atoms with Crippen LogP contribution in [0.15, 0.2) is 60.7 Å². The third kappa shape index (κ3) is 4.51. The highest BCUT2D eigenvalue weighted by Gasteiger charge is 2.80. The number of benzene rings is 2. The van der Waals surface area contributed by atoms with Crippen LogP contribution in [-0.2, 0) is 32.2 Å². The Hall–Kier alpha value is -3.23. The molecule has 40 heavy (non-hydrogen) atoms. The average Bonchev–Trinajstić information content (AvgIpc) is 3.48. The van der Waals surface area contributed by atoms with E-state index in [1.807, 2.05) is 88.4 Å². The quantitative estimate of drug-likeness (QED) is 0.424. The molecule has 1 spiro atoms. The normalized spacial score (nSPS) is 32.0. The molecule has 8 nitrogen and oxygen atoms in total. The van der Waals surface area contributed by atoms with Crippen LogP contribution in [0.4, 0.5) is 0 Å². The number of aliphatic hydroxyl groups excluding tert-OH is 1. The molecule has 8 heteroatoms. The van der Waals surface area contributed by atoms with Gasteiger partial charge in [-0.25, -0.2) is 0 Å². The molecule has 3 heterocycles. The molecule has 3 N–H and O–H groups in total. The van der Waals surface area contributed by atoms with Crippen molar-refractivity contribution in [2.45, 2.75) is 76.9 Å². The molecule has 214 valence electrons. The summed E-state index contributed by atoms with van der Waals surface area (Å²) in [4.78, 5) is 43.9. The molecule has 0 radical (unpaired) electrons. The fraction of sp³-hybridized carbons (Fsp3) is 0.531. The van der Waals surface area contributed by atoms with Gasteiger partial charge >= 0.3 is 0 Å². The van der Waals surface area contributed by atoms with E-state index in [0.717, 1.165) is 17.5 Å². The Balaban J connectivity index is 1.50. The molecule has 0 saturated carbocycles. The molecule has 3 unspecified atom stereocenters. The number of aliphatic hydroxyl groups is 1. The summed E-state index contributed by atoms with van der Waals surface area (Å²) in [6.45, 7) is 8.29. The van der Waals surface area contributed by atoms with Gasteiger partial charge in [0.25, 0.3) is 0 Å². The fourth-order valence-corrected chi connectivity index (χ4v) is 7.32. The molecule has 3 saturated heterocycles. The summed E-state index contributed by atoms with van der Waals surface area (Å²) in [5, 5.41) is 16.6. The predicted molar refractivity (Wildman–Crippen MR) is 151 cm³/mol. The first-order chi connectivity index (χ1) is 19.2. The summed E-state index contributed by atoms with van der Waals surface area (Å²) in [5.74, 6) is -2.51. The zero-order valence-corrected chi connectivity index (χ0v) is 23.8. The van der Waals surface area contributed by atoms with Crippen molar-refractivity contribution in [2.75, 3.05) is 6.61 Å². The molecule has 8 atom stereocenters. The Kier molecular flexibility index (Phi) is 7.77. The molecular formula is C32H41N3O5. The lowest BCUT2D eigenvalue weighted by Crippen LogP contribution is -2.59. The predicted octanol–water partition coefficient (Wildman–Crippen LogP) is 3.04. The second-order valence-corrected chi connectivity index (χ2v) is 12.0. The highest BCUT2D eigenvalue weighted by molar-refractivity contribution is 5.99. The Bertz CT molecular complexity index is 1240. The van der Waals surface area contributed by atoms with E-state index in [4.69, 9.17) is 4.74 Å². The Morgan fingerprint density at radius 3 is 2.10 bits per heavy atom. The number of carbonyl (C=O) groups excluding carboxylic acids is 3. The maximum atomic E-state index is 14.4. The van der Waals surface area contributed by atoms with Crippen molar-refractivity contribution in [3.63, 3.8) is 0 Å². The van der Waals surface area contributed by atoms with Gasteiger partial charge < -0.3 is 25.4 Å². The van der Waals surface area contributed by atoms with Crippen LogP contribution in [0.3, 0.4) is 0 Å². The molecule has 2 bridgehead atoms. The first-order valence-corrected chi connectivity index (χ1v) is 14.4. The average molecular weight is 548 g/mol. The van der Waals surface area contributed by atoms with Crippen molar-refractivity contribution in [1.82, 2.24) is 15.5 Å². The van der Waals surface area contributed by atoms with Crippen molar-refractivity contribution in [1.29, 1.82) is 0 Å². The van der Waals surface area contributed by atoms with Crippen LogP contribution >= 0.6 is 0 Å². The summed E-state index contributed by atoms with van der Waals surface area (Å²) < 4.78 is 6.80. The zero-order chi connectivity index (χ0) is 28.7. The van der Waals surface area contributed by atoms with Crippen LogP contribution in [0.1, 0.15) is 51.7 Å². The zero-order valence-electron chi connectivity index (χ0n) is 23.8. The third-order valence-corrected chi connectivity index (χ3v) is 9.75. The minimum atomic E-state index is -1.15. The lowest BCUT2D eigenvalue weighted by Gasteiger charge is -2.39. The minimum Gasteiger partial charge on any atom is -0.394 e. The van der Waals surface area contributed by atoms with E-state index in [1.165, 1.54) is 0 Å². The summed E-state index contributed by atoms with van der Waals surface area (Å²) in [6.07, 6.45) is 1.21. The van der Waals surface area contributed by atoms with Gasteiger partial charge in [-0.3, -0.25) is 14.4 Å². The number of carbonyl (C=O) groups is 3. The first-order valence-electron chi connectivity index (χ1n) is 14.4. The summed E-state index contributed by atoms with van der Waals surface area (Å²) in [7, 11) is 0. The van der Waals surface area contributed by atoms with Crippen LogP contribution in [0.25, 0.3) is 0 Å². The van der Waals surface area contributed by atoms with E-state index in [1.54, 1.807) is 4.90 Å². The van der Waals surface area contributed by atoms with E-state index < -0.39 is 35.1 Å². The lowest BCUT2D eigenvalue weighted by atomic mass is 9.62. The first kappa shape index (κ1) is 28.3. The highest BCUT2D eigenvalue weighted by atomic mass is 16.5. The van der Waals surface area contributed by atoms with Gasteiger partial charge in [-0.2, -0.15) is 0 Å². The number of fused-ring (bicyclic) bond motifs is 1. The SMILES string of the molecule is CC[C@H](C)[C@H](CO)N1C(=O)[C@@H]2[C@H](C(=O)NCc3ccccc3)[C@@]3(C)OC2(CC3C)C1C(=O)NCc1ccccc1. The van der Waals surface area contributed by atoms with Crippen LogP contribution in [0, 0.1) is 23.7 Å². The van der Waals surface area contributed by atoms with Gasteiger partial charge in [0.2, 0.25) is 17.7 Å². The summed E-state index contributed by atoms with van der Waals surface area (Å²) in [6, 6.07) is 17.7. The van der Waals surface area contributed by atoms with Gasteiger partial charge in [0.15, 0.2) is 0 Å². The molecule has 2 aromatic rings. The van der Waals surface area contributed by atoms with Gasteiger partial charge in [-0.15, -0.1) is 0 Å². The van der Waals surface area contributed by atoms with Crippen molar-refractivity contribution in [3.05, 3.63) is 71.8 Å². The van der Waals surface area contributed by atoms with E-state index in [2.05, 4.69) is 10.6 Å². The van der Waals surface area contributed by atoms with E-state index in [0.29, 0.717) is 19.5 Å². The largest absolute Gasteiger partial charge is 0.394 e. The van der Waals surface area contributed by atoms with Gasteiger partial charge in [0, 0.05) is 13.1 Å². The number of ether oxygens (including phenoxy) is 1. The van der Waals surface area contributed by atoms with Crippen molar-refractivity contribution in [2.24, 2.45) is 23.7 Å². The highest BCUT2D eigenvalue weighted by Crippen LogP contribution is 2.65. The van der Waals surface area contributed by atoms with Gasteiger partial charge in [-0.1, -0.05) is 87.9 Å². The standard InChI is InChI=1S/C32H41N3O5/c1-5-20(2)24(19-36)35-27(29(38)34-18-23-14-10-7-11-15-23)32-16-21(3)31(4,40-32)25(26(32)30(35)39)28(37)33-17-22-12-8-6-9-13-22/h6-15,20-21,24-27,36H,5,16-19H2,1-4H3,(H,33,37)(H,34,38)/t20-,21?,24-,25+,26-,27?,31-,32?/m0/s1. The van der Waals surface area contributed by atoms with E-state index >= 15 is 0 Å². The van der Waals surface area contributed by atoms with E-state index in [9.17, 15) is 19.5 Å². The Labute approximate surface area is 236 Å². The monoisotopic (exact) mass is 547 g/mol. The Morgan fingerprint density at radius 1 is 1.02 bits per heavy atom. The van der Waals surface area contributed by atoms with Crippen molar-refractivity contribution < 1.29 is 24.2 Å². The molecule has 5 rings (SSSR count). The summed E-state index contributed by atoms with van der Waals surface area (Å²) in [5.41, 5.74) is -0.142. The topological polar surface area (TPSA) is 108 Å². The third-order valence-electron chi connectivity index (χ3n) is 9.75. The van der Waals surface area contributed by atoms with E-state index in [-0.39, 0.29) is 36.2 Å². The van der Waals surface area contributed by atoms with Crippen LogP contribution < -0.4 is 10.6 Å². The smallest absolute Gasteiger partial charge is 0.246 e. The van der Waals surface area contributed by atoms with Crippen molar-refractivity contribution in [3.8, 4) is 0 Å². The molecule has 0 aromatic heterocycles. The maximum absolute atomic E-state index is 14.4. The van der Waals surface area contributed by atoms with Gasteiger partial charge in [-0.05, 0) is 36.3 Å². The van der Waals surface area contributed by atoms with Crippen LogP contribution in [-0.4, -0.2) is 57.6 Å². The molecule has 3 aliphatic heterocycles. The Morgan fingerprint density at radius 2 is 1.57 bits per heavy atom. The number of nitrogens with zero attached hydrogens (tertiary/aromatic N) is 1. The number of nitrogens with one attached hydrogen (secondary N) is 2. The van der Waals surface area contributed by atoms with Gasteiger partial charge in [0.05, 0.1) is 30.1 Å². The minimum absolute atomic E-state index is 0.0513. The van der Waals surface area contributed by atoms with Crippen molar-refractivity contribution >= 4 is 17.7 Å². The second-order valence-electron chi connectivity index (χ2n) is 12.0. The van der Waals surface area contributed by atoms with Gasteiger partial charge in [0.1, 0.15) is 11.6 Å². The number of amides is 3. The molecular weight excluding hydrogens is 506 g/mol. The molecule has 3 amide bonds. The van der Waals surface area contributed by atoms with Crippen LogP contribution in [0.5, 0.6) is 0 Å². The number of hydrogen-bond acceptors (Lipinski definition) is 5. The number of rotatable bonds is 10. The maximum Gasteiger partial charge on any atom is 0.246 e. The van der Waals surface area contributed by atoms with Crippen LogP contribution in [0.2, 0.25) is 0 Å². The molecule has 2 aromatic carbocycles. The number of likely N-dealkylation sites (tertiary alicyclic amines) is 1. The lowest BCUT2D eigenvalue weighted by molar-refractivity contribution is -0.152. The fourth-order valence-electron chi connectivity index (χ4n) is 7.32. The second kappa shape index (κ2) is 11.0. The molecule has 0 aliphatic carbocycles. The summed E-state index contributed by atoms with van der Waals surface area (Å²) >= 11 is 0. The molecule has 3 fully saturated rings. The molecule has 3 aliphatic rings.